The Balaban J connectivity index is 3.12. The number of hydrogen-bond acceptors (Lipinski definition) is 2. The summed E-state index contributed by atoms with van der Waals surface area (Å²) in [5.41, 5.74) is 0.241. The van der Waals surface area contributed by atoms with Crippen molar-refractivity contribution in [3.63, 3.8) is 0 Å². The average Bonchev–Trinajstić information content (AvgIpc) is 1.88. The highest BCUT2D eigenvalue weighted by Crippen LogP contribution is 2.01. The topological polar surface area (TPSA) is 52.9 Å². The van der Waals surface area contributed by atoms with Gasteiger partial charge in [-0.3, -0.25) is 4.79 Å². The lowest BCUT2D eigenvalue weighted by molar-refractivity contribution is -0.428. The van der Waals surface area contributed by atoms with Gasteiger partial charge in [-0.05, 0) is 0 Å². The molecule has 0 saturated heterocycles. The van der Waals surface area contributed by atoms with Gasteiger partial charge in [-0.2, -0.15) is 0 Å². The Labute approximate surface area is 57.1 Å². The molecule has 1 heterocycles. The molecule has 52 valence electrons. The predicted molar refractivity (Wildman–Crippen MR) is 36.3 cm³/mol. The lowest BCUT2D eigenvalue weighted by Crippen LogP contribution is -2.03. The van der Waals surface area contributed by atoms with E-state index in [1.54, 1.807) is 0 Å². The van der Waals surface area contributed by atoms with Crippen LogP contribution in [0.3, 0.4) is 0 Å². The zero-order valence-corrected chi connectivity index (χ0v) is 5.50. The molecule has 4 nitrogen and oxygen atoms in total. The molecule has 10 heavy (non-hydrogen) atoms. The second-order valence-corrected chi connectivity index (χ2v) is 1.91. The van der Waals surface area contributed by atoms with E-state index in [2.05, 4.69) is 4.98 Å². The molecule has 0 atom stereocenters. The zero-order chi connectivity index (χ0) is 7.56. The molecule has 0 saturated carbocycles. The number of nitrogens with zero attached hydrogens (tertiary/aromatic N) is 1. The molecule has 0 amide bonds. The quantitative estimate of drug-likeness (QED) is 0.573. The fraction of sp³-hybridized carbons (Fsp3) is 0.167. The Morgan fingerprint density at radius 3 is 2.60 bits per heavy atom. The molecule has 0 spiro atoms. The first-order chi connectivity index (χ1) is 4.70. The third-order valence-corrected chi connectivity index (χ3v) is 1.13. The molecule has 4 heteroatoms. The number of aromatic amines is 1. The molecule has 1 rings (SSSR count). The lowest BCUT2D eigenvalue weighted by Gasteiger charge is -1.82. The molecule has 1 aromatic heterocycles. The first-order valence-electron chi connectivity index (χ1n) is 2.80. The van der Waals surface area contributed by atoms with E-state index in [1.165, 1.54) is 25.4 Å². The van der Waals surface area contributed by atoms with Crippen LogP contribution in [0.2, 0.25) is 0 Å². The van der Waals surface area contributed by atoms with Crippen LogP contribution in [0.1, 0.15) is 0 Å². The summed E-state index contributed by atoms with van der Waals surface area (Å²) < 4.78 is 0.677. The maximum atomic E-state index is 10.6. The van der Waals surface area contributed by atoms with Crippen molar-refractivity contribution in [3.8, 4) is 0 Å². The summed E-state index contributed by atoms with van der Waals surface area (Å²) >= 11 is 0. The first kappa shape index (κ1) is 6.67. The van der Waals surface area contributed by atoms with Crippen molar-refractivity contribution in [2.75, 3.05) is 7.05 Å². The predicted octanol–water partition coefficient (Wildman–Crippen LogP) is 0.415. The summed E-state index contributed by atoms with van der Waals surface area (Å²) in [5.74, 6) is 0. The molecule has 0 fully saturated rings. The summed E-state index contributed by atoms with van der Waals surface area (Å²) in [6, 6.07) is 2.77. The standard InChI is InChI=1S/C6H6N2O2/c1-8(10)5-2-3-6(9)7-4-5/h2-4H,1H3/p+1. The van der Waals surface area contributed by atoms with Gasteiger partial charge in [0.2, 0.25) is 5.56 Å². The van der Waals surface area contributed by atoms with Crippen molar-refractivity contribution in [1.82, 2.24) is 4.98 Å². The van der Waals surface area contributed by atoms with Gasteiger partial charge in [0.05, 0.1) is 6.20 Å². The van der Waals surface area contributed by atoms with Gasteiger partial charge in [-0.25, -0.2) is 0 Å². The van der Waals surface area contributed by atoms with E-state index < -0.39 is 0 Å². The van der Waals surface area contributed by atoms with E-state index >= 15 is 0 Å². The van der Waals surface area contributed by atoms with Crippen molar-refractivity contribution in [2.24, 2.45) is 0 Å². The summed E-state index contributed by atoms with van der Waals surface area (Å²) in [6.07, 6.45) is 1.37. The highest BCUT2D eigenvalue weighted by Gasteiger charge is 2.03. The van der Waals surface area contributed by atoms with Gasteiger partial charge < -0.3 is 4.98 Å². The fourth-order valence-corrected chi connectivity index (χ4v) is 0.598. The molecule has 0 aliphatic rings. The van der Waals surface area contributed by atoms with Crippen molar-refractivity contribution < 1.29 is 4.76 Å². The summed E-state index contributed by atoms with van der Waals surface area (Å²) in [4.78, 5) is 23.4. The maximum Gasteiger partial charge on any atom is 0.271 e. The lowest BCUT2D eigenvalue weighted by atomic mass is 10.4. The number of nitroso groups, excluding NO2 is 1. The maximum absolute atomic E-state index is 10.6. The minimum Gasteiger partial charge on any atom is -0.323 e. The Kier molecular flexibility index (Phi) is 1.62. The van der Waals surface area contributed by atoms with Crippen molar-refractivity contribution in [1.29, 1.82) is 0 Å². The molecule has 1 N–H and O–H groups in total. The van der Waals surface area contributed by atoms with Crippen LogP contribution >= 0.6 is 0 Å². The zero-order valence-electron chi connectivity index (χ0n) is 5.50. The van der Waals surface area contributed by atoms with Crippen LogP contribution in [0.5, 0.6) is 0 Å². The highest BCUT2D eigenvalue weighted by molar-refractivity contribution is 5.23. The summed E-state index contributed by atoms with van der Waals surface area (Å²) in [7, 11) is 1.37. The third-order valence-electron chi connectivity index (χ3n) is 1.13. The molecular formula is C6H7N2O2+. The average molecular weight is 139 g/mol. The van der Waals surface area contributed by atoms with Crippen LogP contribution in [0.15, 0.2) is 23.1 Å². The molecule has 0 radical (unpaired) electrons. The van der Waals surface area contributed by atoms with Crippen LogP contribution in [-0.4, -0.2) is 16.8 Å². The molecular weight excluding hydrogens is 132 g/mol. The number of H-pyrrole nitrogens is 1. The van der Waals surface area contributed by atoms with Crippen LogP contribution in [-0.2, 0) is 0 Å². The van der Waals surface area contributed by atoms with E-state index in [0.717, 1.165) is 0 Å². The van der Waals surface area contributed by atoms with E-state index in [9.17, 15) is 9.70 Å². The highest BCUT2D eigenvalue weighted by atomic mass is 16.3. The second-order valence-electron chi connectivity index (χ2n) is 1.91. The van der Waals surface area contributed by atoms with Gasteiger partial charge in [-0.15, -0.1) is 0 Å². The van der Waals surface area contributed by atoms with Gasteiger partial charge in [0.25, 0.3) is 5.69 Å². The molecule has 0 unspecified atom stereocenters. The minimum absolute atomic E-state index is 0.203. The Morgan fingerprint density at radius 2 is 2.20 bits per heavy atom. The van der Waals surface area contributed by atoms with E-state index in [0.29, 0.717) is 10.4 Å². The molecule has 0 aliphatic heterocycles. The van der Waals surface area contributed by atoms with Gasteiger partial charge in [-0.1, -0.05) is 0 Å². The summed E-state index contributed by atoms with van der Waals surface area (Å²) in [6.45, 7) is 0. The van der Waals surface area contributed by atoms with E-state index in [4.69, 9.17) is 0 Å². The Bertz CT molecular complexity index is 282. The molecule has 1 aromatic rings. The van der Waals surface area contributed by atoms with Gasteiger partial charge in [0.15, 0.2) is 7.05 Å². The van der Waals surface area contributed by atoms with Crippen LogP contribution in [0.25, 0.3) is 0 Å². The summed E-state index contributed by atoms with van der Waals surface area (Å²) in [5, 5.41) is 0. The molecule has 0 aromatic carbocycles. The molecule has 0 aliphatic carbocycles. The van der Waals surface area contributed by atoms with Crippen molar-refractivity contribution in [3.05, 3.63) is 33.6 Å². The van der Waals surface area contributed by atoms with Gasteiger partial charge >= 0.3 is 0 Å². The number of hydrogen-bond donors (Lipinski definition) is 1. The minimum atomic E-state index is -0.203. The largest absolute Gasteiger partial charge is 0.323 e. The van der Waals surface area contributed by atoms with Crippen molar-refractivity contribution in [2.45, 2.75) is 0 Å². The number of rotatable bonds is 1. The first-order valence-corrected chi connectivity index (χ1v) is 2.80. The monoisotopic (exact) mass is 139 g/mol. The Morgan fingerprint density at radius 1 is 1.50 bits per heavy atom. The van der Waals surface area contributed by atoms with Crippen LogP contribution < -0.4 is 5.56 Å². The number of nitrogens with one attached hydrogen (secondary N) is 1. The molecule has 0 bridgehead atoms. The SMILES string of the molecule is C[N+](=O)c1ccc(=O)[nH]c1. The van der Waals surface area contributed by atoms with Gasteiger partial charge in [0, 0.05) is 21.8 Å². The number of aromatic nitrogens is 1. The third kappa shape index (κ3) is 1.28. The van der Waals surface area contributed by atoms with Gasteiger partial charge in [0.1, 0.15) is 0 Å². The normalized spacial score (nSPS) is 9.30. The van der Waals surface area contributed by atoms with Crippen LogP contribution in [0, 0.1) is 4.91 Å². The van der Waals surface area contributed by atoms with Crippen LogP contribution in [0.4, 0.5) is 5.69 Å². The van der Waals surface area contributed by atoms with Crippen molar-refractivity contribution >= 4 is 5.69 Å². The second kappa shape index (κ2) is 2.43. The van der Waals surface area contributed by atoms with E-state index in [1.807, 2.05) is 0 Å². The number of pyridine rings is 1. The fourth-order valence-electron chi connectivity index (χ4n) is 0.598. The smallest absolute Gasteiger partial charge is 0.271 e. The Hall–Kier alpha value is -1.45. The van der Waals surface area contributed by atoms with E-state index in [-0.39, 0.29) is 5.56 Å².